The molecule has 24 heteroatoms. The predicted octanol–water partition coefficient (Wildman–Crippen LogP) is -1.91. The van der Waals surface area contributed by atoms with Crippen LogP contribution >= 0.6 is 0 Å². The zero-order valence-electron chi connectivity index (χ0n) is 34.2. The highest BCUT2D eigenvalue weighted by Crippen LogP contribution is 2.45. The summed E-state index contributed by atoms with van der Waals surface area (Å²) in [4.78, 5) is 12.6. The van der Waals surface area contributed by atoms with Gasteiger partial charge in [0.25, 0.3) is 0 Å². The second kappa shape index (κ2) is 19.6. The molecule has 3 saturated heterocycles. The first kappa shape index (κ1) is 48.1. The Labute approximate surface area is 371 Å². The number of aliphatic hydroxyl groups is 9. The van der Waals surface area contributed by atoms with Crippen molar-refractivity contribution < 1.29 is 119 Å². The van der Waals surface area contributed by atoms with Crippen molar-refractivity contribution in [1.29, 1.82) is 0 Å². The Morgan fingerprint density at radius 1 is 0.652 bits per heavy atom. The number of esters is 1. The van der Waals surface area contributed by atoms with Crippen LogP contribution in [0.1, 0.15) is 12.5 Å². The van der Waals surface area contributed by atoms with E-state index in [0.29, 0.717) is 5.56 Å². The van der Waals surface area contributed by atoms with E-state index in [1.165, 1.54) is 31.2 Å². The summed E-state index contributed by atoms with van der Waals surface area (Å²) in [5, 5.41) is 156. The van der Waals surface area contributed by atoms with Gasteiger partial charge >= 0.3 is 17.3 Å². The van der Waals surface area contributed by atoms with Crippen molar-refractivity contribution in [3.05, 3.63) is 60.2 Å². The highest BCUT2D eigenvalue weighted by molar-refractivity contribution is 5.89. The van der Waals surface area contributed by atoms with Crippen LogP contribution in [0.5, 0.6) is 46.0 Å². The first-order chi connectivity index (χ1) is 31.3. The van der Waals surface area contributed by atoms with Crippen molar-refractivity contribution in [1.82, 2.24) is 0 Å². The number of aliphatic hydroxyl groups excluding tert-OH is 9. The van der Waals surface area contributed by atoms with E-state index in [1.54, 1.807) is 0 Å². The van der Waals surface area contributed by atoms with E-state index in [9.17, 15) is 81.4 Å². The molecule has 0 saturated carbocycles. The minimum absolute atomic E-state index is 0.102. The highest BCUT2D eigenvalue weighted by atomic mass is 16.7. The third kappa shape index (κ3) is 9.81. The summed E-state index contributed by atoms with van der Waals surface area (Å²) >= 11 is 0. The van der Waals surface area contributed by atoms with Crippen LogP contribution < -0.4 is 9.47 Å². The molecular weight excluding hydrogens is 888 g/mol. The van der Waals surface area contributed by atoms with Crippen molar-refractivity contribution in [3.8, 4) is 57.3 Å². The van der Waals surface area contributed by atoms with Gasteiger partial charge in [0.1, 0.15) is 77.9 Å². The number of hydrogen-bond acceptors (Lipinski definition) is 23. The second-order valence-electron chi connectivity index (χ2n) is 15.6. The van der Waals surface area contributed by atoms with E-state index in [0.717, 1.165) is 36.4 Å². The van der Waals surface area contributed by atoms with Gasteiger partial charge in [0, 0.05) is 30.3 Å². The fourth-order valence-electron chi connectivity index (χ4n) is 7.34. The van der Waals surface area contributed by atoms with E-state index in [4.69, 9.17) is 37.6 Å². The second-order valence-corrected chi connectivity index (χ2v) is 15.6. The molecule has 24 nitrogen and oxygen atoms in total. The number of hydrogen-bond donors (Lipinski definition) is 15. The van der Waals surface area contributed by atoms with Gasteiger partial charge in [-0.15, -0.1) is 0 Å². The summed E-state index contributed by atoms with van der Waals surface area (Å²) in [5.74, 6) is -6.03. The molecule has 7 rings (SSSR count). The van der Waals surface area contributed by atoms with Crippen molar-refractivity contribution >= 4 is 23.0 Å². The minimum Gasteiger partial charge on any atom is -0.507 e. The first-order valence-electron chi connectivity index (χ1n) is 20.0. The average Bonchev–Trinajstić information content (AvgIpc) is 3.28. The van der Waals surface area contributed by atoms with Crippen LogP contribution in [0.25, 0.3) is 28.4 Å². The molecule has 0 radical (unpaired) electrons. The van der Waals surface area contributed by atoms with Gasteiger partial charge in [-0.2, -0.15) is 0 Å². The fourth-order valence-corrected chi connectivity index (χ4v) is 7.34. The number of phenolic OH excluding ortho intramolecular Hbond substituents is 6. The number of carbonyl (C=O) groups is 1. The van der Waals surface area contributed by atoms with Gasteiger partial charge < -0.3 is 110 Å². The molecule has 0 amide bonds. The number of fused-ring (bicyclic) bond motifs is 1. The molecule has 0 spiro atoms. The molecule has 66 heavy (non-hydrogen) atoms. The number of phenols is 6. The van der Waals surface area contributed by atoms with E-state index >= 15 is 0 Å². The zero-order valence-corrected chi connectivity index (χ0v) is 34.2. The van der Waals surface area contributed by atoms with Crippen molar-refractivity contribution in [3.63, 3.8) is 0 Å². The molecule has 15 unspecified atom stereocenters. The summed E-state index contributed by atoms with van der Waals surface area (Å²) in [6.07, 6.45) is -23.8. The molecule has 4 aromatic rings. The number of carbonyl (C=O) groups excluding carboxylic acids is 1. The molecule has 3 aliphatic heterocycles. The lowest BCUT2D eigenvalue weighted by atomic mass is 9.98. The van der Waals surface area contributed by atoms with E-state index in [1.807, 2.05) is 0 Å². The summed E-state index contributed by atoms with van der Waals surface area (Å²) in [7, 11) is 0. The first-order valence-corrected chi connectivity index (χ1v) is 20.0. The third-order valence-corrected chi connectivity index (χ3v) is 11.0. The Morgan fingerprint density at radius 3 is 1.89 bits per heavy atom. The molecule has 3 aromatic carbocycles. The highest BCUT2D eigenvalue weighted by Gasteiger charge is 2.50. The van der Waals surface area contributed by atoms with Crippen LogP contribution in [0.4, 0.5) is 0 Å². The molecule has 3 aliphatic rings. The number of ether oxygens (including phenoxy) is 7. The maximum atomic E-state index is 12.6. The maximum absolute atomic E-state index is 12.6. The predicted molar refractivity (Wildman–Crippen MR) is 215 cm³/mol. The monoisotopic (exact) mass is 935 g/mol. The lowest BCUT2D eigenvalue weighted by Gasteiger charge is -2.42. The summed E-state index contributed by atoms with van der Waals surface area (Å²) < 4.78 is 45.7. The Hall–Kier alpha value is -5.84. The van der Waals surface area contributed by atoms with Gasteiger partial charge in [0.15, 0.2) is 41.1 Å². The van der Waals surface area contributed by atoms with Crippen molar-refractivity contribution in [2.45, 2.75) is 99.0 Å². The minimum atomic E-state index is -2.05. The summed E-state index contributed by atoms with van der Waals surface area (Å²) in [5.41, 5.74) is -0.0942. The topological polar surface area (TPSA) is 396 Å². The Morgan fingerprint density at radius 2 is 1.26 bits per heavy atom. The standard InChI is InChI=1S/C42H46O24/c1-14-38(66-28(49)5-3-15-2-4-19(45)20(46)6-15)34(55)37(58)40(60-14)59-13-27-31(52)33(54)36(57)42(65-27)63-25-11-18-23(61-39(25)16-7-21(47)29(50)22(48)8-16)9-17(44)10-24(18)62-41-35(56)32(53)30(51)26(12-43)64-41/h2-11,14,26-27,30-38,40-43,51-58H,12-13H2,1H3,(H5-,44,45,46,47,48,49,50)/p+1. The van der Waals surface area contributed by atoms with Gasteiger partial charge in [-0.3, -0.25) is 0 Å². The molecule has 358 valence electrons. The molecule has 15 atom stereocenters. The van der Waals surface area contributed by atoms with Gasteiger partial charge in [-0.05, 0) is 30.7 Å². The quantitative estimate of drug-likeness (QED) is 0.0319. The normalized spacial score (nSPS) is 32.6. The van der Waals surface area contributed by atoms with Gasteiger partial charge in [0.05, 0.1) is 30.9 Å². The average molecular weight is 936 g/mol. The molecule has 1 aromatic heterocycles. The smallest absolute Gasteiger partial charge is 0.402 e. The zero-order chi connectivity index (χ0) is 47.9. The largest absolute Gasteiger partial charge is 0.507 e. The van der Waals surface area contributed by atoms with Crippen LogP contribution in [0, 0.1) is 0 Å². The van der Waals surface area contributed by atoms with Gasteiger partial charge in [0.2, 0.25) is 18.3 Å². The van der Waals surface area contributed by atoms with Crippen LogP contribution in [-0.4, -0.2) is 188 Å². The molecule has 0 aliphatic carbocycles. The van der Waals surface area contributed by atoms with E-state index < -0.39 is 152 Å². The molecule has 15 N–H and O–H groups in total. The van der Waals surface area contributed by atoms with Crippen LogP contribution in [0.2, 0.25) is 0 Å². The van der Waals surface area contributed by atoms with Gasteiger partial charge in [-0.1, -0.05) is 6.07 Å². The Balaban J connectivity index is 1.11. The fraction of sp³-hybridized carbons (Fsp3) is 0.429. The number of aromatic hydroxyl groups is 6. The lowest BCUT2D eigenvalue weighted by Crippen LogP contribution is -2.62. The lowest BCUT2D eigenvalue weighted by molar-refractivity contribution is -0.319. The van der Waals surface area contributed by atoms with Crippen molar-refractivity contribution in [2.75, 3.05) is 13.2 Å². The number of rotatable bonds is 12. The Kier molecular flexibility index (Phi) is 14.3. The van der Waals surface area contributed by atoms with Gasteiger partial charge in [-0.25, -0.2) is 9.21 Å². The molecular formula is C42H47O24+. The molecule has 4 heterocycles. The Bertz CT molecular complexity index is 2390. The van der Waals surface area contributed by atoms with Crippen LogP contribution in [-0.2, 0) is 28.5 Å². The third-order valence-electron chi connectivity index (χ3n) is 11.0. The van der Waals surface area contributed by atoms with E-state index in [2.05, 4.69) is 0 Å². The SMILES string of the molecule is CC1OC(OCC2OC(Oc3cc4c(OC5OC(CO)C(O)C(O)C5O)cc(O)cc4[o+]c3-c3cc(O)c(O)c(O)c3)C(O)C(O)C2O)C(O)C(O)C1OC(=O)C=Cc1ccc(O)c(O)c1. The molecule has 3 fully saturated rings. The van der Waals surface area contributed by atoms with Crippen LogP contribution in [0.3, 0.4) is 0 Å². The summed E-state index contributed by atoms with van der Waals surface area (Å²) in [6.45, 7) is -0.124. The molecule has 0 bridgehead atoms. The van der Waals surface area contributed by atoms with Crippen molar-refractivity contribution in [2.24, 2.45) is 0 Å². The number of benzene rings is 3. The summed E-state index contributed by atoms with van der Waals surface area (Å²) in [6, 6.07) is 8.90. The van der Waals surface area contributed by atoms with E-state index in [-0.39, 0.29) is 28.0 Å². The maximum Gasteiger partial charge on any atom is 0.402 e. The van der Waals surface area contributed by atoms with Crippen LogP contribution in [0.15, 0.2) is 59.0 Å².